The molecule has 1 heterocycles. The first-order valence-corrected chi connectivity index (χ1v) is 13.6. The van der Waals surface area contributed by atoms with Crippen LogP contribution in [-0.2, 0) is 22.6 Å². The zero-order valence-electron chi connectivity index (χ0n) is 22.1. The Morgan fingerprint density at radius 2 is 1.71 bits per heavy atom. The summed E-state index contributed by atoms with van der Waals surface area (Å²) >= 11 is 6.16. The molecule has 2 aromatic carbocycles. The molecule has 1 unspecified atom stereocenters. The highest BCUT2D eigenvalue weighted by atomic mass is 35.5. The van der Waals surface area contributed by atoms with Crippen LogP contribution in [0.2, 0.25) is 5.02 Å². The molecule has 4 rings (SSSR count). The van der Waals surface area contributed by atoms with Gasteiger partial charge in [0.05, 0.1) is 6.54 Å². The Morgan fingerprint density at radius 3 is 2.26 bits per heavy atom. The predicted octanol–water partition coefficient (Wildman–Crippen LogP) is 6.02. The van der Waals surface area contributed by atoms with Crippen LogP contribution in [-0.4, -0.2) is 57.7 Å². The highest BCUT2D eigenvalue weighted by molar-refractivity contribution is 6.30. The first-order chi connectivity index (χ1) is 18.2. The van der Waals surface area contributed by atoms with Gasteiger partial charge in [0, 0.05) is 30.5 Å². The molecule has 2 amide bonds. The molecule has 1 aliphatic heterocycles. The normalized spacial score (nSPS) is 15.8. The number of hydrogen-bond acceptors (Lipinski definition) is 5. The molecule has 2 fully saturated rings. The number of halogens is 1. The number of benzene rings is 2. The van der Waals surface area contributed by atoms with Gasteiger partial charge in [-0.25, -0.2) is 4.79 Å². The van der Waals surface area contributed by atoms with Crippen LogP contribution in [0.15, 0.2) is 42.5 Å². The fourth-order valence-corrected chi connectivity index (χ4v) is 5.08. The first-order valence-electron chi connectivity index (χ1n) is 13.2. The standard InChI is InChI=1S/C28H35ClN2O3.CH2O3/c1-3-15-30(28(22-6-7-22)23-8-10-24(29)11-9-23)19-20-5-12-25(21(4-2)18-20)34-17-16-31-26(32)13-14-27(31)33;2-1(3)4/h5,8-12,18,22,28H,3-4,6-7,13-17,19H2,1-2H3;(H2,2,3,4). The van der Waals surface area contributed by atoms with Gasteiger partial charge in [-0.15, -0.1) is 0 Å². The summed E-state index contributed by atoms with van der Waals surface area (Å²) < 4.78 is 6.00. The van der Waals surface area contributed by atoms with Gasteiger partial charge in [-0.05, 0) is 73.0 Å². The fourth-order valence-electron chi connectivity index (χ4n) is 4.96. The van der Waals surface area contributed by atoms with Crippen molar-refractivity contribution in [3.63, 3.8) is 0 Å². The molecule has 1 saturated carbocycles. The molecule has 0 bridgehead atoms. The quantitative estimate of drug-likeness (QED) is 0.315. The molecular weight excluding hydrogens is 508 g/mol. The summed E-state index contributed by atoms with van der Waals surface area (Å²) in [7, 11) is 0. The topological polar surface area (TPSA) is 107 Å². The van der Waals surface area contributed by atoms with E-state index in [2.05, 4.69) is 43.0 Å². The SMILES string of the molecule is CCCN(Cc1ccc(OCCN2C(=O)CCC2=O)c(CC)c1)C(c1ccc(Cl)cc1)C1CC1.O=C(O)O. The lowest BCUT2D eigenvalue weighted by atomic mass is 9.99. The highest BCUT2D eigenvalue weighted by Gasteiger charge is 2.36. The van der Waals surface area contributed by atoms with Crippen molar-refractivity contribution in [3.05, 3.63) is 64.2 Å². The van der Waals surface area contributed by atoms with Crippen LogP contribution in [0.4, 0.5) is 4.79 Å². The number of nitrogens with zero attached hydrogens (tertiary/aromatic N) is 2. The second-order valence-corrected chi connectivity index (χ2v) is 10.1. The van der Waals surface area contributed by atoms with Gasteiger partial charge in [0.15, 0.2) is 0 Å². The van der Waals surface area contributed by atoms with Crippen LogP contribution < -0.4 is 4.74 Å². The number of imide groups is 1. The number of carboxylic acid groups (broad SMARTS) is 2. The number of hydrogen-bond donors (Lipinski definition) is 2. The predicted molar refractivity (Wildman–Crippen MR) is 146 cm³/mol. The van der Waals surface area contributed by atoms with Crippen molar-refractivity contribution in [1.29, 1.82) is 0 Å². The fraction of sp³-hybridized carbons (Fsp3) is 0.483. The first kappa shape index (κ1) is 29.5. The monoisotopic (exact) mass is 544 g/mol. The molecule has 38 heavy (non-hydrogen) atoms. The van der Waals surface area contributed by atoms with Crippen LogP contribution in [0, 0.1) is 5.92 Å². The number of carbonyl (C=O) groups is 3. The summed E-state index contributed by atoms with van der Waals surface area (Å²) in [5.41, 5.74) is 3.78. The second kappa shape index (κ2) is 14.2. The summed E-state index contributed by atoms with van der Waals surface area (Å²) in [4.78, 5) is 36.1. The minimum atomic E-state index is -1.83. The second-order valence-electron chi connectivity index (χ2n) is 9.67. The summed E-state index contributed by atoms with van der Waals surface area (Å²) in [5.74, 6) is 1.35. The van der Waals surface area contributed by atoms with Gasteiger partial charge in [-0.3, -0.25) is 19.4 Å². The number of ether oxygens (including phenoxy) is 1. The molecule has 8 nitrogen and oxygen atoms in total. The molecule has 1 atom stereocenters. The van der Waals surface area contributed by atoms with E-state index in [4.69, 9.17) is 31.3 Å². The van der Waals surface area contributed by atoms with E-state index in [0.717, 1.165) is 42.3 Å². The number of amides is 2. The van der Waals surface area contributed by atoms with Crippen LogP contribution in [0.5, 0.6) is 5.75 Å². The zero-order chi connectivity index (χ0) is 27.7. The van der Waals surface area contributed by atoms with E-state index in [1.165, 1.54) is 28.9 Å². The third kappa shape index (κ3) is 8.46. The van der Waals surface area contributed by atoms with Crippen molar-refractivity contribution >= 4 is 29.6 Å². The Morgan fingerprint density at radius 1 is 1.08 bits per heavy atom. The summed E-state index contributed by atoms with van der Waals surface area (Å²) in [6.45, 7) is 6.94. The van der Waals surface area contributed by atoms with E-state index in [1.54, 1.807) is 0 Å². The molecule has 0 spiro atoms. The molecule has 0 aromatic heterocycles. The van der Waals surface area contributed by atoms with Crippen molar-refractivity contribution < 1.29 is 29.3 Å². The Labute approximate surface area is 229 Å². The van der Waals surface area contributed by atoms with E-state index in [1.807, 2.05) is 18.2 Å². The lowest BCUT2D eigenvalue weighted by Gasteiger charge is -2.32. The van der Waals surface area contributed by atoms with Gasteiger partial charge in [0.1, 0.15) is 12.4 Å². The molecule has 1 saturated heterocycles. The zero-order valence-corrected chi connectivity index (χ0v) is 22.8. The van der Waals surface area contributed by atoms with Crippen molar-refractivity contribution in [1.82, 2.24) is 9.80 Å². The average Bonchev–Trinajstić information content (AvgIpc) is 3.66. The minimum absolute atomic E-state index is 0.0958. The summed E-state index contributed by atoms with van der Waals surface area (Å²) in [6.07, 6.45) is 3.33. The third-order valence-electron chi connectivity index (χ3n) is 6.80. The molecule has 2 aliphatic rings. The van der Waals surface area contributed by atoms with E-state index >= 15 is 0 Å². The van der Waals surface area contributed by atoms with Gasteiger partial charge < -0.3 is 14.9 Å². The van der Waals surface area contributed by atoms with Crippen LogP contribution in [0.25, 0.3) is 0 Å². The van der Waals surface area contributed by atoms with Gasteiger partial charge in [0.2, 0.25) is 11.8 Å². The summed E-state index contributed by atoms with van der Waals surface area (Å²) in [6, 6.07) is 15.2. The lowest BCUT2D eigenvalue weighted by molar-refractivity contribution is -0.138. The average molecular weight is 545 g/mol. The number of likely N-dealkylation sites (tertiary alicyclic amines) is 1. The van der Waals surface area contributed by atoms with Gasteiger partial charge in [-0.2, -0.15) is 0 Å². The van der Waals surface area contributed by atoms with E-state index in [-0.39, 0.29) is 11.8 Å². The lowest BCUT2D eigenvalue weighted by Crippen LogP contribution is -2.33. The Hall–Kier alpha value is -3.10. The Bertz CT molecular complexity index is 1080. The highest BCUT2D eigenvalue weighted by Crippen LogP contribution is 2.45. The maximum atomic E-state index is 11.8. The van der Waals surface area contributed by atoms with Crippen molar-refractivity contribution in [2.24, 2.45) is 5.92 Å². The summed E-state index contributed by atoms with van der Waals surface area (Å²) in [5, 5.41) is 14.7. The van der Waals surface area contributed by atoms with Crippen molar-refractivity contribution in [2.45, 2.75) is 65.0 Å². The molecular formula is C29H37ClN2O6. The molecule has 9 heteroatoms. The van der Waals surface area contributed by atoms with Crippen LogP contribution >= 0.6 is 11.6 Å². The van der Waals surface area contributed by atoms with Crippen LogP contribution in [0.3, 0.4) is 0 Å². The molecule has 1 aliphatic carbocycles. The van der Waals surface area contributed by atoms with E-state index < -0.39 is 6.16 Å². The van der Waals surface area contributed by atoms with Gasteiger partial charge in [0.25, 0.3) is 0 Å². The molecule has 2 N–H and O–H groups in total. The van der Waals surface area contributed by atoms with Crippen molar-refractivity contribution in [2.75, 3.05) is 19.7 Å². The maximum absolute atomic E-state index is 11.8. The Kier molecular flexibility index (Phi) is 11.0. The van der Waals surface area contributed by atoms with Gasteiger partial charge in [-0.1, -0.05) is 49.7 Å². The number of carbonyl (C=O) groups excluding carboxylic acids is 2. The molecule has 2 aromatic rings. The van der Waals surface area contributed by atoms with E-state index in [9.17, 15) is 9.59 Å². The third-order valence-corrected chi connectivity index (χ3v) is 7.06. The minimum Gasteiger partial charge on any atom is -0.491 e. The molecule has 206 valence electrons. The number of aryl methyl sites for hydroxylation is 1. The largest absolute Gasteiger partial charge is 0.503 e. The number of rotatable bonds is 12. The van der Waals surface area contributed by atoms with Crippen LogP contribution in [0.1, 0.15) is 68.7 Å². The molecule has 0 radical (unpaired) electrons. The Balaban J connectivity index is 0.000000934. The van der Waals surface area contributed by atoms with Gasteiger partial charge >= 0.3 is 6.16 Å². The smallest absolute Gasteiger partial charge is 0.491 e. The van der Waals surface area contributed by atoms with Crippen molar-refractivity contribution in [3.8, 4) is 5.75 Å². The maximum Gasteiger partial charge on any atom is 0.503 e. The van der Waals surface area contributed by atoms with E-state index in [0.29, 0.717) is 38.0 Å².